The van der Waals surface area contributed by atoms with Crippen molar-refractivity contribution in [3.8, 4) is 0 Å². The van der Waals surface area contributed by atoms with E-state index >= 15 is 0 Å². The van der Waals surface area contributed by atoms with E-state index in [9.17, 15) is 9.59 Å². The molecule has 1 fully saturated rings. The lowest BCUT2D eigenvalue weighted by atomic mass is 10.0. The number of nitrogens with one attached hydrogen (secondary N) is 1. The smallest absolute Gasteiger partial charge is 0.275 e. The van der Waals surface area contributed by atoms with Crippen LogP contribution >= 0.6 is 0 Å². The highest BCUT2D eigenvalue weighted by Gasteiger charge is 2.25. The summed E-state index contributed by atoms with van der Waals surface area (Å²) in [6.07, 6.45) is 1.66. The van der Waals surface area contributed by atoms with Gasteiger partial charge < -0.3 is 0 Å². The Morgan fingerprint density at radius 2 is 2.06 bits per heavy atom. The van der Waals surface area contributed by atoms with E-state index < -0.39 is 6.03 Å². The lowest BCUT2D eigenvalue weighted by molar-refractivity contribution is -0.118. The summed E-state index contributed by atoms with van der Waals surface area (Å²) < 4.78 is 0. The summed E-state index contributed by atoms with van der Waals surface area (Å²) in [4.78, 5) is 22.1. The molecule has 5 heteroatoms. The Hall–Kier alpha value is -2.17. The molecule has 0 aromatic heterocycles. The molecule has 1 aliphatic rings. The second kappa shape index (κ2) is 4.78. The number of amides is 3. The van der Waals surface area contributed by atoms with Gasteiger partial charge in [0.25, 0.3) is 0 Å². The van der Waals surface area contributed by atoms with Crippen molar-refractivity contribution < 1.29 is 9.59 Å². The third-order valence-electron chi connectivity index (χ3n) is 2.53. The van der Waals surface area contributed by atoms with Crippen LogP contribution in [0, 0.1) is 0 Å². The van der Waals surface area contributed by atoms with Gasteiger partial charge in [-0.15, -0.1) is 0 Å². The molecule has 0 bridgehead atoms. The number of benzene rings is 1. The first-order chi connectivity index (χ1) is 8.16. The van der Waals surface area contributed by atoms with E-state index in [1.54, 1.807) is 6.21 Å². The molecule has 1 heterocycles. The van der Waals surface area contributed by atoms with Crippen molar-refractivity contribution in [1.82, 2.24) is 10.3 Å². The summed E-state index contributed by atoms with van der Waals surface area (Å²) in [6.45, 7) is 1.98. The van der Waals surface area contributed by atoms with Gasteiger partial charge >= 0.3 is 6.03 Å². The van der Waals surface area contributed by atoms with Crippen molar-refractivity contribution in [1.29, 1.82) is 0 Å². The topological polar surface area (TPSA) is 61.8 Å². The Morgan fingerprint density at radius 3 is 2.65 bits per heavy atom. The summed E-state index contributed by atoms with van der Waals surface area (Å²) in [5, 5.41) is 7.30. The molecule has 0 unspecified atom stereocenters. The molecule has 0 radical (unpaired) electrons. The maximum absolute atomic E-state index is 11.2. The second-order valence-corrected chi connectivity index (χ2v) is 3.87. The lowest BCUT2D eigenvalue weighted by Gasteiger charge is -2.08. The fourth-order valence-electron chi connectivity index (χ4n) is 1.55. The first-order valence-corrected chi connectivity index (χ1v) is 5.37. The monoisotopic (exact) mass is 231 g/mol. The van der Waals surface area contributed by atoms with Gasteiger partial charge in [-0.1, -0.05) is 37.3 Å². The number of imide groups is 1. The highest BCUT2D eigenvalue weighted by Crippen LogP contribution is 2.12. The number of carbonyl (C=O) groups is 2. The molecule has 88 valence electrons. The molecule has 17 heavy (non-hydrogen) atoms. The number of rotatable bonds is 3. The molecule has 5 nitrogen and oxygen atoms in total. The standard InChI is InChI=1S/C12H13N3O2/c1-9(10-5-3-2-4-6-10)7-13-15-8-11(16)14-12(15)17/h2-7,9H,8H2,1H3,(H,14,16,17)/b13-7-/t9-/m0/s1. The molecule has 1 aromatic carbocycles. The SMILES string of the molecule is C[C@@H](/C=N\N1CC(=O)NC1=O)c1ccccc1. The van der Waals surface area contributed by atoms with Crippen molar-refractivity contribution in [2.24, 2.45) is 5.10 Å². The predicted molar refractivity (Wildman–Crippen MR) is 63.6 cm³/mol. The van der Waals surface area contributed by atoms with Crippen LogP contribution in [-0.2, 0) is 4.79 Å². The van der Waals surface area contributed by atoms with Crippen LogP contribution in [0.4, 0.5) is 4.79 Å². The Balaban J connectivity index is 2.02. The van der Waals surface area contributed by atoms with E-state index in [1.807, 2.05) is 37.3 Å². The second-order valence-electron chi connectivity index (χ2n) is 3.87. The van der Waals surface area contributed by atoms with Crippen molar-refractivity contribution in [3.63, 3.8) is 0 Å². The predicted octanol–water partition coefficient (Wildman–Crippen LogP) is 1.33. The van der Waals surface area contributed by atoms with Crippen LogP contribution in [0.1, 0.15) is 18.4 Å². The molecule has 0 aliphatic carbocycles. The average molecular weight is 231 g/mol. The normalized spacial score (nSPS) is 17.6. The number of hydrogen-bond donors (Lipinski definition) is 1. The lowest BCUT2D eigenvalue weighted by Crippen LogP contribution is -2.24. The molecule has 0 saturated carbocycles. The van der Waals surface area contributed by atoms with Crippen LogP contribution in [0.15, 0.2) is 35.4 Å². The van der Waals surface area contributed by atoms with Gasteiger partial charge in [0.1, 0.15) is 6.54 Å². The number of nitrogens with zero attached hydrogens (tertiary/aromatic N) is 2. The first-order valence-electron chi connectivity index (χ1n) is 5.37. The maximum Gasteiger partial charge on any atom is 0.344 e. The minimum atomic E-state index is -0.466. The van der Waals surface area contributed by atoms with Crippen LogP contribution in [-0.4, -0.2) is 29.7 Å². The van der Waals surface area contributed by atoms with Gasteiger partial charge in [-0.05, 0) is 5.56 Å². The molecular formula is C12H13N3O2. The van der Waals surface area contributed by atoms with Crippen LogP contribution in [0.25, 0.3) is 0 Å². The highest BCUT2D eigenvalue weighted by molar-refractivity contribution is 6.01. The summed E-state index contributed by atoms with van der Waals surface area (Å²) >= 11 is 0. The largest absolute Gasteiger partial charge is 0.344 e. The molecule has 2 rings (SSSR count). The molecule has 3 amide bonds. The van der Waals surface area contributed by atoms with Crippen molar-refractivity contribution in [2.75, 3.05) is 6.54 Å². The third kappa shape index (κ3) is 2.69. The zero-order valence-corrected chi connectivity index (χ0v) is 9.46. The summed E-state index contributed by atoms with van der Waals surface area (Å²) in [5.41, 5.74) is 1.11. The third-order valence-corrected chi connectivity index (χ3v) is 2.53. The quantitative estimate of drug-likeness (QED) is 0.630. The van der Waals surface area contributed by atoms with Crippen LogP contribution < -0.4 is 5.32 Å². The number of urea groups is 1. The van der Waals surface area contributed by atoms with E-state index in [4.69, 9.17) is 0 Å². The Morgan fingerprint density at radius 1 is 1.35 bits per heavy atom. The van der Waals surface area contributed by atoms with Gasteiger partial charge in [0.2, 0.25) is 5.91 Å². The summed E-state index contributed by atoms with van der Waals surface area (Å²) in [6, 6.07) is 9.36. The summed E-state index contributed by atoms with van der Waals surface area (Å²) in [7, 11) is 0. The van der Waals surface area contributed by atoms with E-state index in [0.717, 1.165) is 10.6 Å². The van der Waals surface area contributed by atoms with E-state index in [-0.39, 0.29) is 18.4 Å². The van der Waals surface area contributed by atoms with Gasteiger partial charge in [-0.2, -0.15) is 5.10 Å². The Labute approximate surface area is 99.1 Å². The fraction of sp³-hybridized carbons (Fsp3) is 0.250. The molecule has 1 saturated heterocycles. The Bertz CT molecular complexity index is 456. The zero-order valence-electron chi connectivity index (χ0n) is 9.46. The summed E-state index contributed by atoms with van der Waals surface area (Å²) in [5.74, 6) is -0.223. The number of carbonyl (C=O) groups excluding carboxylic acids is 2. The van der Waals surface area contributed by atoms with Gasteiger partial charge in [-0.25, -0.2) is 9.80 Å². The Kier molecular flexibility index (Phi) is 3.18. The van der Waals surface area contributed by atoms with Gasteiger partial charge in [0, 0.05) is 12.1 Å². The zero-order chi connectivity index (χ0) is 12.3. The van der Waals surface area contributed by atoms with E-state index in [2.05, 4.69) is 10.4 Å². The van der Waals surface area contributed by atoms with Gasteiger partial charge in [-0.3, -0.25) is 10.1 Å². The van der Waals surface area contributed by atoms with Crippen molar-refractivity contribution in [3.05, 3.63) is 35.9 Å². The van der Waals surface area contributed by atoms with Crippen LogP contribution in [0.3, 0.4) is 0 Å². The molecular weight excluding hydrogens is 218 g/mol. The van der Waals surface area contributed by atoms with E-state index in [1.165, 1.54) is 0 Å². The molecule has 1 aromatic rings. The molecule has 0 spiro atoms. The molecule has 1 N–H and O–H groups in total. The van der Waals surface area contributed by atoms with Crippen LogP contribution in [0.5, 0.6) is 0 Å². The van der Waals surface area contributed by atoms with Gasteiger partial charge in [0.15, 0.2) is 0 Å². The molecule has 1 aliphatic heterocycles. The van der Waals surface area contributed by atoms with Crippen LogP contribution in [0.2, 0.25) is 0 Å². The van der Waals surface area contributed by atoms with Gasteiger partial charge in [0.05, 0.1) is 0 Å². The first kappa shape index (κ1) is 11.3. The maximum atomic E-state index is 11.2. The highest BCUT2D eigenvalue weighted by atomic mass is 16.2. The minimum absolute atomic E-state index is 0.00313. The number of hydrazone groups is 1. The van der Waals surface area contributed by atoms with E-state index in [0.29, 0.717) is 0 Å². The average Bonchev–Trinajstić information content (AvgIpc) is 2.66. The molecule has 1 atom stereocenters. The van der Waals surface area contributed by atoms with Crippen molar-refractivity contribution >= 4 is 18.2 Å². The minimum Gasteiger partial charge on any atom is -0.275 e. The number of hydrogen-bond acceptors (Lipinski definition) is 3. The van der Waals surface area contributed by atoms with Crippen molar-refractivity contribution in [2.45, 2.75) is 12.8 Å². The fourth-order valence-corrected chi connectivity index (χ4v) is 1.55.